The highest BCUT2D eigenvalue weighted by Gasteiger charge is 2.35. The van der Waals surface area contributed by atoms with E-state index in [9.17, 15) is 17.6 Å². The fourth-order valence-corrected chi connectivity index (χ4v) is 4.10. The van der Waals surface area contributed by atoms with Crippen molar-refractivity contribution in [1.29, 1.82) is 0 Å². The molecule has 0 aliphatic carbocycles. The van der Waals surface area contributed by atoms with E-state index in [4.69, 9.17) is 16.3 Å². The molecule has 3 aromatic carbocycles. The van der Waals surface area contributed by atoms with Gasteiger partial charge in [-0.3, -0.25) is 0 Å². The first kappa shape index (κ1) is 23.8. The molecule has 0 fully saturated rings. The van der Waals surface area contributed by atoms with Crippen molar-refractivity contribution in [3.05, 3.63) is 107 Å². The lowest BCUT2D eigenvalue weighted by atomic mass is 10.0. The summed E-state index contributed by atoms with van der Waals surface area (Å²) >= 11 is 6.10. The summed E-state index contributed by atoms with van der Waals surface area (Å²) < 4.78 is 62.4. The van der Waals surface area contributed by atoms with Gasteiger partial charge in [-0.05, 0) is 73.2 Å². The van der Waals surface area contributed by atoms with Crippen LogP contribution in [0.4, 0.5) is 17.6 Å². The van der Waals surface area contributed by atoms with Gasteiger partial charge in [0.15, 0.2) is 5.65 Å². The van der Waals surface area contributed by atoms with Gasteiger partial charge in [-0.15, -0.1) is 0 Å². The molecule has 0 bridgehead atoms. The second kappa shape index (κ2) is 9.28. The minimum absolute atomic E-state index is 0.0644. The topological polar surface area (TPSA) is 39.9 Å². The third kappa shape index (κ3) is 4.77. The zero-order valence-electron chi connectivity index (χ0n) is 18.9. The second-order valence-electron chi connectivity index (χ2n) is 8.17. The normalized spacial score (nSPS) is 11.7. The Morgan fingerprint density at radius 2 is 1.67 bits per heavy atom. The van der Waals surface area contributed by atoms with Crippen LogP contribution in [0.5, 0.6) is 5.75 Å². The number of rotatable bonds is 5. The summed E-state index contributed by atoms with van der Waals surface area (Å²) in [6.45, 7) is 1.74. The number of aryl methyl sites for hydroxylation is 1. The van der Waals surface area contributed by atoms with E-state index in [1.165, 1.54) is 23.7 Å². The van der Waals surface area contributed by atoms with Crippen molar-refractivity contribution in [3.8, 4) is 22.7 Å². The lowest BCUT2D eigenvalue weighted by molar-refractivity contribution is -0.136. The van der Waals surface area contributed by atoms with Gasteiger partial charge in [-0.25, -0.2) is 14.1 Å². The van der Waals surface area contributed by atoms with Gasteiger partial charge in [0.1, 0.15) is 18.2 Å². The highest BCUT2D eigenvalue weighted by atomic mass is 35.5. The number of aromatic nitrogens is 3. The third-order valence-electron chi connectivity index (χ3n) is 5.64. The molecular formula is C27H18ClF4N3O. The van der Waals surface area contributed by atoms with Gasteiger partial charge in [-0.2, -0.15) is 18.3 Å². The molecule has 4 nitrogen and oxygen atoms in total. The van der Waals surface area contributed by atoms with Gasteiger partial charge in [0.2, 0.25) is 0 Å². The van der Waals surface area contributed by atoms with Crippen LogP contribution in [0.15, 0.2) is 78.9 Å². The molecule has 0 radical (unpaired) electrons. The fraction of sp³-hybridized carbons (Fsp3) is 0.111. The minimum atomic E-state index is -4.61. The summed E-state index contributed by atoms with van der Waals surface area (Å²) in [6.07, 6.45) is -4.61. The number of hydrogen-bond acceptors (Lipinski definition) is 3. The van der Waals surface area contributed by atoms with Crippen molar-refractivity contribution in [1.82, 2.24) is 14.8 Å². The molecule has 0 N–H and O–H groups in total. The van der Waals surface area contributed by atoms with Gasteiger partial charge < -0.3 is 4.74 Å². The number of hydrogen-bond donors (Lipinski definition) is 0. The van der Waals surface area contributed by atoms with Crippen molar-refractivity contribution < 1.29 is 22.3 Å². The maximum absolute atomic E-state index is 14.1. The van der Waals surface area contributed by atoms with Crippen molar-refractivity contribution in [3.63, 3.8) is 0 Å². The zero-order valence-corrected chi connectivity index (χ0v) is 19.6. The average Bonchev–Trinajstić information content (AvgIpc) is 3.19. The number of fused-ring (bicyclic) bond motifs is 1. The molecule has 2 heterocycles. The summed E-state index contributed by atoms with van der Waals surface area (Å²) in [5.74, 6) is 0.178. The SMILES string of the molecule is Cc1nn(-c2cccc(Cl)c2)c2nc(-c3ccc(OCc4ccc(F)cc4)cc3)cc(C(F)(F)F)c12. The van der Waals surface area contributed by atoms with Crippen molar-refractivity contribution >= 4 is 22.6 Å². The van der Waals surface area contributed by atoms with Gasteiger partial charge in [0.05, 0.1) is 28.0 Å². The van der Waals surface area contributed by atoms with Crippen LogP contribution in [0.25, 0.3) is 28.0 Å². The van der Waals surface area contributed by atoms with Crippen LogP contribution in [0, 0.1) is 12.7 Å². The van der Waals surface area contributed by atoms with Crippen molar-refractivity contribution in [2.45, 2.75) is 19.7 Å². The fourth-order valence-electron chi connectivity index (χ4n) is 3.92. The van der Waals surface area contributed by atoms with Crippen LogP contribution < -0.4 is 4.74 Å². The second-order valence-corrected chi connectivity index (χ2v) is 8.60. The summed E-state index contributed by atoms with van der Waals surface area (Å²) in [5.41, 5.74) is 1.38. The molecule has 182 valence electrons. The number of halogens is 5. The lowest BCUT2D eigenvalue weighted by Crippen LogP contribution is -2.08. The summed E-state index contributed by atoms with van der Waals surface area (Å²) in [7, 11) is 0. The molecule has 2 aromatic heterocycles. The van der Waals surface area contributed by atoms with E-state index in [1.54, 1.807) is 60.7 Å². The van der Waals surface area contributed by atoms with E-state index in [0.29, 0.717) is 22.0 Å². The first-order valence-corrected chi connectivity index (χ1v) is 11.3. The molecule has 0 saturated heterocycles. The Labute approximate surface area is 208 Å². The van der Waals surface area contributed by atoms with Crippen LogP contribution in [0.3, 0.4) is 0 Å². The quantitative estimate of drug-likeness (QED) is 0.226. The molecule has 0 unspecified atom stereocenters. The van der Waals surface area contributed by atoms with Gasteiger partial charge in [0.25, 0.3) is 0 Å². The predicted octanol–water partition coefficient (Wildman–Crippen LogP) is 7.79. The Morgan fingerprint density at radius 3 is 2.33 bits per heavy atom. The van der Waals surface area contributed by atoms with Crippen LogP contribution >= 0.6 is 11.6 Å². The number of benzene rings is 3. The lowest BCUT2D eigenvalue weighted by Gasteiger charge is -2.12. The summed E-state index contributed by atoms with van der Waals surface area (Å²) in [6, 6.07) is 20.2. The van der Waals surface area contributed by atoms with Crippen molar-refractivity contribution in [2.75, 3.05) is 0 Å². The molecule has 9 heteroatoms. The standard InChI is InChI=1S/C27H18ClF4N3O/c1-16-25-23(27(30,31)32)14-24(33-26(25)35(34-16)21-4-2-3-19(28)13-21)18-7-11-22(12-8-18)36-15-17-5-9-20(29)10-6-17/h2-14H,15H2,1H3. The van der Waals surface area contributed by atoms with Crippen LogP contribution in [0.2, 0.25) is 5.02 Å². The molecule has 0 atom stereocenters. The van der Waals surface area contributed by atoms with Crippen LogP contribution in [-0.4, -0.2) is 14.8 Å². The van der Waals surface area contributed by atoms with E-state index in [-0.39, 0.29) is 34.8 Å². The summed E-state index contributed by atoms with van der Waals surface area (Å²) in [5, 5.41) is 4.70. The molecule has 0 amide bonds. The third-order valence-corrected chi connectivity index (χ3v) is 5.87. The summed E-state index contributed by atoms with van der Waals surface area (Å²) in [4.78, 5) is 4.56. The predicted molar refractivity (Wildman–Crippen MR) is 130 cm³/mol. The van der Waals surface area contributed by atoms with Crippen LogP contribution in [0.1, 0.15) is 16.8 Å². The van der Waals surface area contributed by atoms with Crippen LogP contribution in [-0.2, 0) is 12.8 Å². The van der Waals surface area contributed by atoms with E-state index >= 15 is 0 Å². The van der Waals surface area contributed by atoms with E-state index < -0.39 is 11.7 Å². The van der Waals surface area contributed by atoms with E-state index in [1.807, 2.05) is 0 Å². The molecular weight excluding hydrogens is 494 g/mol. The first-order valence-electron chi connectivity index (χ1n) is 10.9. The molecule has 5 rings (SSSR count). The molecule has 0 aliphatic rings. The zero-order chi connectivity index (χ0) is 25.4. The largest absolute Gasteiger partial charge is 0.489 e. The Bertz CT molecular complexity index is 1550. The molecule has 36 heavy (non-hydrogen) atoms. The van der Waals surface area contributed by atoms with Gasteiger partial charge in [-0.1, -0.05) is 29.8 Å². The average molecular weight is 512 g/mol. The Morgan fingerprint density at radius 1 is 0.944 bits per heavy atom. The molecule has 0 aliphatic heterocycles. The number of ether oxygens (including phenoxy) is 1. The highest BCUT2D eigenvalue weighted by molar-refractivity contribution is 6.30. The maximum atomic E-state index is 14.1. The number of nitrogens with zero attached hydrogens (tertiary/aromatic N) is 3. The Kier molecular flexibility index (Phi) is 6.14. The van der Waals surface area contributed by atoms with Crippen molar-refractivity contribution in [2.24, 2.45) is 0 Å². The van der Waals surface area contributed by atoms with Gasteiger partial charge >= 0.3 is 6.18 Å². The number of alkyl halides is 3. The first-order chi connectivity index (χ1) is 17.2. The molecule has 0 saturated carbocycles. The van der Waals surface area contributed by atoms with E-state index in [2.05, 4.69) is 10.1 Å². The monoisotopic (exact) mass is 511 g/mol. The number of pyridine rings is 1. The Hall–Kier alpha value is -3.91. The maximum Gasteiger partial charge on any atom is 0.417 e. The van der Waals surface area contributed by atoms with Gasteiger partial charge in [0, 0.05) is 10.6 Å². The Balaban J connectivity index is 1.54. The minimum Gasteiger partial charge on any atom is -0.489 e. The van der Waals surface area contributed by atoms with E-state index in [0.717, 1.165) is 11.6 Å². The highest BCUT2D eigenvalue weighted by Crippen LogP contribution is 2.39. The molecule has 5 aromatic rings. The molecule has 0 spiro atoms. The smallest absolute Gasteiger partial charge is 0.417 e.